The number of hydrogen-bond donors (Lipinski definition) is 1. The maximum absolute atomic E-state index is 13.7. The molecule has 9 heteroatoms. The van der Waals surface area contributed by atoms with Crippen molar-refractivity contribution in [3.05, 3.63) is 106 Å². The molecule has 1 atom stereocenters. The van der Waals surface area contributed by atoms with E-state index in [9.17, 15) is 19.6 Å². The number of anilines is 2. The zero-order valence-corrected chi connectivity index (χ0v) is 21.7. The highest BCUT2D eigenvalue weighted by atomic mass is 16.5. The highest BCUT2D eigenvalue weighted by Gasteiger charge is 2.36. The lowest BCUT2D eigenvalue weighted by Gasteiger charge is -2.34. The van der Waals surface area contributed by atoms with Crippen molar-refractivity contribution in [2.75, 3.05) is 17.3 Å². The van der Waals surface area contributed by atoms with E-state index < -0.39 is 11.8 Å². The van der Waals surface area contributed by atoms with Crippen LogP contribution in [0.15, 0.2) is 72.9 Å². The first kappa shape index (κ1) is 26.0. The number of methoxy groups -OCH3 is 1. The summed E-state index contributed by atoms with van der Waals surface area (Å²) in [5.74, 6) is 1.80. The van der Waals surface area contributed by atoms with E-state index in [0.29, 0.717) is 40.4 Å². The second-order valence-corrected chi connectivity index (χ2v) is 9.20. The van der Waals surface area contributed by atoms with Gasteiger partial charge in [0.15, 0.2) is 5.78 Å². The summed E-state index contributed by atoms with van der Waals surface area (Å²) in [6.45, 7) is 2.25. The fourth-order valence-electron chi connectivity index (χ4n) is 4.70. The molecule has 1 N–H and O–H groups in total. The molecule has 0 saturated heterocycles. The van der Waals surface area contributed by atoms with Gasteiger partial charge in [0.2, 0.25) is 0 Å². The Hall–Kier alpha value is -5.67. The standard InChI is InChI=1S/C31H23N5O4/c1-4-20-6-5-7-22(14-20)29(37)21-8-11-25(12-9-21)36-19(2)18-35-28(31(36)39)26(17-33-35)30(38)34-24-10-13-27(40-3)23(15-24)16-32/h1,5-15,17,19H,18H2,2-3H3,(H,34,38). The Morgan fingerprint density at radius 2 is 1.88 bits per heavy atom. The second kappa shape index (κ2) is 10.6. The van der Waals surface area contributed by atoms with Gasteiger partial charge in [0, 0.05) is 28.1 Å². The Morgan fingerprint density at radius 1 is 1.10 bits per heavy atom. The number of amides is 2. The van der Waals surface area contributed by atoms with Gasteiger partial charge in [0.25, 0.3) is 11.8 Å². The second-order valence-electron chi connectivity index (χ2n) is 9.20. The molecule has 40 heavy (non-hydrogen) atoms. The van der Waals surface area contributed by atoms with Crippen LogP contribution in [0.3, 0.4) is 0 Å². The lowest BCUT2D eigenvalue weighted by molar-refractivity contribution is 0.0933. The van der Waals surface area contributed by atoms with Crippen LogP contribution in [0, 0.1) is 23.7 Å². The number of nitrogens with one attached hydrogen (secondary N) is 1. The molecule has 0 fully saturated rings. The van der Waals surface area contributed by atoms with Crippen molar-refractivity contribution in [1.29, 1.82) is 5.26 Å². The van der Waals surface area contributed by atoms with Crippen molar-refractivity contribution in [1.82, 2.24) is 9.78 Å². The molecular formula is C31H23N5O4. The molecule has 9 nitrogen and oxygen atoms in total. The summed E-state index contributed by atoms with van der Waals surface area (Å²) < 4.78 is 6.67. The molecule has 2 amide bonds. The molecule has 1 aromatic heterocycles. The molecule has 0 bridgehead atoms. The maximum Gasteiger partial charge on any atom is 0.277 e. The number of nitriles is 1. The van der Waals surface area contributed by atoms with E-state index in [1.54, 1.807) is 65.6 Å². The van der Waals surface area contributed by atoms with Crippen LogP contribution in [0.2, 0.25) is 0 Å². The van der Waals surface area contributed by atoms with Crippen LogP contribution in [0.5, 0.6) is 5.75 Å². The summed E-state index contributed by atoms with van der Waals surface area (Å²) in [5.41, 5.74) is 3.03. The highest BCUT2D eigenvalue weighted by Crippen LogP contribution is 2.28. The van der Waals surface area contributed by atoms with Gasteiger partial charge in [-0.05, 0) is 61.5 Å². The Bertz CT molecular complexity index is 1740. The van der Waals surface area contributed by atoms with Crippen LogP contribution in [0.25, 0.3) is 0 Å². The molecular weight excluding hydrogens is 506 g/mol. The fourth-order valence-corrected chi connectivity index (χ4v) is 4.70. The van der Waals surface area contributed by atoms with Gasteiger partial charge in [-0.2, -0.15) is 10.4 Å². The number of terminal acetylenes is 1. The Labute approximate surface area is 230 Å². The third-order valence-corrected chi connectivity index (χ3v) is 6.66. The number of nitrogens with zero attached hydrogens (tertiary/aromatic N) is 4. The molecule has 0 radical (unpaired) electrons. The maximum atomic E-state index is 13.7. The summed E-state index contributed by atoms with van der Waals surface area (Å²) in [6.07, 6.45) is 6.82. The van der Waals surface area contributed by atoms with Gasteiger partial charge in [0.05, 0.1) is 37.0 Å². The lowest BCUT2D eigenvalue weighted by Crippen LogP contribution is -2.47. The van der Waals surface area contributed by atoms with Crippen LogP contribution < -0.4 is 15.0 Å². The summed E-state index contributed by atoms with van der Waals surface area (Å²) in [6, 6.07) is 20.0. The predicted molar refractivity (Wildman–Crippen MR) is 148 cm³/mol. The van der Waals surface area contributed by atoms with Gasteiger partial charge in [-0.1, -0.05) is 18.1 Å². The van der Waals surface area contributed by atoms with E-state index in [1.807, 2.05) is 13.0 Å². The first-order chi connectivity index (χ1) is 19.3. The third-order valence-electron chi connectivity index (χ3n) is 6.66. The Morgan fingerprint density at radius 3 is 2.58 bits per heavy atom. The SMILES string of the molecule is C#Cc1cccc(C(=O)c2ccc(N3C(=O)c4c(C(=O)Nc5ccc(OC)c(C#N)c5)cnn4CC3C)cc2)c1. The zero-order chi connectivity index (χ0) is 28.4. The van der Waals surface area contributed by atoms with E-state index in [0.717, 1.165) is 0 Å². The van der Waals surface area contributed by atoms with Crippen molar-refractivity contribution in [3.63, 3.8) is 0 Å². The summed E-state index contributed by atoms with van der Waals surface area (Å²) in [5, 5.41) is 16.3. The minimum Gasteiger partial charge on any atom is -0.495 e. The molecule has 0 spiro atoms. The molecule has 2 heterocycles. The number of hydrogen-bond acceptors (Lipinski definition) is 6. The smallest absolute Gasteiger partial charge is 0.277 e. The average Bonchev–Trinajstić information content (AvgIpc) is 3.41. The number of aromatic nitrogens is 2. The molecule has 1 unspecified atom stereocenters. The zero-order valence-electron chi connectivity index (χ0n) is 21.7. The van der Waals surface area contributed by atoms with Crippen LogP contribution in [-0.4, -0.2) is 40.5 Å². The molecule has 5 rings (SSSR count). The highest BCUT2D eigenvalue weighted by molar-refractivity contribution is 6.16. The van der Waals surface area contributed by atoms with Gasteiger partial charge in [-0.15, -0.1) is 6.42 Å². The van der Waals surface area contributed by atoms with Crippen LogP contribution in [0.1, 0.15) is 54.8 Å². The van der Waals surface area contributed by atoms with Crippen LogP contribution >= 0.6 is 0 Å². The van der Waals surface area contributed by atoms with Gasteiger partial charge in [0.1, 0.15) is 17.5 Å². The number of rotatable bonds is 6. The first-order valence-electron chi connectivity index (χ1n) is 12.3. The third kappa shape index (κ3) is 4.68. The quantitative estimate of drug-likeness (QED) is 0.294. The first-order valence-corrected chi connectivity index (χ1v) is 12.3. The number of carbonyl (C=O) groups excluding carboxylic acids is 3. The molecule has 1 aliphatic rings. The van der Waals surface area contributed by atoms with Gasteiger partial charge >= 0.3 is 0 Å². The summed E-state index contributed by atoms with van der Waals surface area (Å²) in [4.78, 5) is 41.4. The summed E-state index contributed by atoms with van der Waals surface area (Å²) >= 11 is 0. The Balaban J connectivity index is 1.39. The fraction of sp³-hybridized carbons (Fsp3) is 0.129. The van der Waals surface area contributed by atoms with Crippen molar-refractivity contribution >= 4 is 29.0 Å². The predicted octanol–water partition coefficient (Wildman–Crippen LogP) is 4.28. The van der Waals surface area contributed by atoms with E-state index in [1.165, 1.54) is 24.1 Å². The van der Waals surface area contributed by atoms with Crippen LogP contribution in [0.4, 0.5) is 11.4 Å². The largest absolute Gasteiger partial charge is 0.495 e. The minimum absolute atomic E-state index is 0.108. The number of fused-ring (bicyclic) bond motifs is 1. The van der Waals surface area contributed by atoms with Crippen molar-refractivity contribution in [3.8, 4) is 24.2 Å². The monoisotopic (exact) mass is 529 g/mol. The average molecular weight is 530 g/mol. The minimum atomic E-state index is -0.534. The number of ether oxygens (including phenoxy) is 1. The van der Waals surface area contributed by atoms with Crippen molar-refractivity contribution in [2.45, 2.75) is 19.5 Å². The molecule has 0 saturated carbocycles. The van der Waals surface area contributed by atoms with Gasteiger partial charge < -0.3 is 15.0 Å². The summed E-state index contributed by atoms with van der Waals surface area (Å²) in [7, 11) is 1.45. The van der Waals surface area contributed by atoms with Crippen molar-refractivity contribution in [2.24, 2.45) is 0 Å². The van der Waals surface area contributed by atoms with E-state index in [4.69, 9.17) is 11.2 Å². The van der Waals surface area contributed by atoms with Crippen molar-refractivity contribution < 1.29 is 19.1 Å². The molecule has 1 aliphatic heterocycles. The Kier molecular flexibility index (Phi) is 6.88. The number of carbonyl (C=O) groups is 3. The van der Waals surface area contributed by atoms with E-state index >= 15 is 0 Å². The molecule has 0 aliphatic carbocycles. The number of benzene rings is 3. The lowest BCUT2D eigenvalue weighted by atomic mass is 10.0. The number of ketones is 1. The van der Waals surface area contributed by atoms with E-state index in [2.05, 4.69) is 16.3 Å². The molecule has 3 aromatic carbocycles. The molecule has 4 aromatic rings. The topological polar surface area (TPSA) is 117 Å². The van der Waals surface area contributed by atoms with Gasteiger partial charge in [-0.3, -0.25) is 19.1 Å². The van der Waals surface area contributed by atoms with Crippen LogP contribution in [-0.2, 0) is 6.54 Å². The van der Waals surface area contributed by atoms with E-state index in [-0.39, 0.29) is 28.6 Å². The molecule has 196 valence electrons. The van der Waals surface area contributed by atoms with Gasteiger partial charge in [-0.25, -0.2) is 0 Å². The normalized spacial score (nSPS) is 14.1.